The van der Waals surface area contributed by atoms with Crippen molar-refractivity contribution in [2.75, 3.05) is 6.54 Å². The van der Waals surface area contributed by atoms with Crippen LogP contribution in [0.15, 0.2) is 0 Å². The normalized spacial score (nSPS) is 40.1. The van der Waals surface area contributed by atoms with E-state index in [0.717, 1.165) is 25.7 Å². The van der Waals surface area contributed by atoms with Gasteiger partial charge in [-0.25, -0.2) is 12.8 Å². The number of alkyl halides is 5. The third-order valence-electron chi connectivity index (χ3n) is 9.20. The molecule has 3 aliphatic carbocycles. The zero-order valence-corrected chi connectivity index (χ0v) is 22.8. The summed E-state index contributed by atoms with van der Waals surface area (Å²) < 4.78 is 90.3. The molecule has 11 heteroatoms. The van der Waals surface area contributed by atoms with Gasteiger partial charge in [0.2, 0.25) is 10.0 Å². The van der Waals surface area contributed by atoms with Crippen molar-refractivity contribution in [1.82, 2.24) is 4.31 Å². The maximum Gasteiger partial charge on any atom is 0.391 e. The zero-order chi connectivity index (χ0) is 26.8. The SMILES string of the molecule is N#CCC[C@H]1CN(S(=O)(=O)C2CCCC(C(F)(F)F)C2)C2CC(CCC3C(F)CCCC3Cl)CCC2O1. The summed E-state index contributed by atoms with van der Waals surface area (Å²) in [5.41, 5.74) is 0. The molecule has 0 spiro atoms. The van der Waals surface area contributed by atoms with Crippen molar-refractivity contribution >= 4 is 21.6 Å². The summed E-state index contributed by atoms with van der Waals surface area (Å²) >= 11 is 6.43. The van der Waals surface area contributed by atoms with Crippen LogP contribution in [-0.2, 0) is 14.8 Å². The molecule has 0 aromatic heterocycles. The predicted molar refractivity (Wildman–Crippen MR) is 133 cm³/mol. The minimum absolute atomic E-state index is 0.0319. The first-order valence-corrected chi connectivity index (χ1v) is 15.8. The monoisotopic (exact) mass is 570 g/mol. The van der Waals surface area contributed by atoms with Crippen LogP contribution in [0, 0.1) is 29.1 Å². The highest BCUT2D eigenvalue weighted by Crippen LogP contribution is 2.44. The summed E-state index contributed by atoms with van der Waals surface area (Å²) in [5, 5.41) is 7.79. The highest BCUT2D eigenvalue weighted by atomic mass is 35.5. The van der Waals surface area contributed by atoms with E-state index in [0.29, 0.717) is 32.1 Å². The van der Waals surface area contributed by atoms with Crippen LogP contribution in [0.25, 0.3) is 0 Å². The molecular formula is C26H39ClF4N2O3S. The van der Waals surface area contributed by atoms with Gasteiger partial charge in [0.25, 0.3) is 0 Å². The van der Waals surface area contributed by atoms with Crippen molar-refractivity contribution in [2.45, 2.75) is 131 Å². The Labute approximate surface area is 223 Å². The number of hydrogen-bond donors (Lipinski definition) is 0. The molecule has 0 N–H and O–H groups in total. The maximum absolute atomic E-state index is 14.5. The van der Waals surface area contributed by atoms with E-state index in [4.69, 9.17) is 21.6 Å². The van der Waals surface area contributed by atoms with Gasteiger partial charge in [0.1, 0.15) is 6.17 Å². The summed E-state index contributed by atoms with van der Waals surface area (Å²) in [6.07, 6.45) is 0.148. The molecule has 8 unspecified atom stereocenters. The molecular weight excluding hydrogens is 532 g/mol. The molecule has 0 aromatic rings. The van der Waals surface area contributed by atoms with Crippen LogP contribution in [-0.4, -0.2) is 60.5 Å². The summed E-state index contributed by atoms with van der Waals surface area (Å²) in [4.78, 5) is 0. The largest absolute Gasteiger partial charge is 0.391 e. The molecule has 1 saturated heterocycles. The minimum Gasteiger partial charge on any atom is -0.372 e. The first kappa shape index (κ1) is 29.4. The van der Waals surface area contributed by atoms with E-state index >= 15 is 0 Å². The summed E-state index contributed by atoms with van der Waals surface area (Å²) in [5.74, 6) is -1.60. The molecule has 5 nitrogen and oxygen atoms in total. The molecule has 4 aliphatic rings. The number of hydrogen-bond acceptors (Lipinski definition) is 4. The number of ether oxygens (including phenoxy) is 1. The lowest BCUT2D eigenvalue weighted by molar-refractivity contribution is -0.181. The van der Waals surface area contributed by atoms with E-state index < -0.39 is 52.1 Å². The van der Waals surface area contributed by atoms with Crippen LogP contribution < -0.4 is 0 Å². The highest BCUT2D eigenvalue weighted by molar-refractivity contribution is 7.89. The molecule has 37 heavy (non-hydrogen) atoms. The standard InChI is InChI=1S/C26H39ClF4N2O3S/c27-22-7-2-8-23(28)21(22)11-9-17-10-12-25-24(14-17)33(16-19(36-25)5-3-13-32)37(34,35)20-6-1-4-18(15-20)26(29,30)31/h17-25H,1-12,14-16H2/t17?,18?,19-,20?,21?,22?,23?,24?,25?/m0/s1. The minimum atomic E-state index is -4.40. The van der Waals surface area contributed by atoms with Crippen LogP contribution in [0.1, 0.15) is 89.9 Å². The van der Waals surface area contributed by atoms with Crippen molar-refractivity contribution in [2.24, 2.45) is 17.8 Å². The van der Waals surface area contributed by atoms with E-state index in [9.17, 15) is 26.0 Å². The molecule has 0 amide bonds. The lowest BCUT2D eigenvalue weighted by Crippen LogP contribution is -2.60. The summed E-state index contributed by atoms with van der Waals surface area (Å²) in [6, 6.07) is 1.64. The Morgan fingerprint density at radius 3 is 2.46 bits per heavy atom. The van der Waals surface area contributed by atoms with Gasteiger partial charge in [0.05, 0.1) is 35.5 Å². The second kappa shape index (κ2) is 12.3. The third-order valence-corrected chi connectivity index (χ3v) is 12.1. The fourth-order valence-electron chi connectivity index (χ4n) is 7.09. The topological polar surface area (TPSA) is 70.4 Å². The number of morpholine rings is 1. The Kier molecular flexibility index (Phi) is 9.73. The van der Waals surface area contributed by atoms with Gasteiger partial charge < -0.3 is 4.74 Å². The molecule has 1 aliphatic heterocycles. The molecule has 212 valence electrons. The third kappa shape index (κ3) is 6.93. The first-order valence-electron chi connectivity index (χ1n) is 13.9. The molecule has 4 fully saturated rings. The van der Waals surface area contributed by atoms with Gasteiger partial charge in [-0.05, 0) is 83.0 Å². The van der Waals surface area contributed by atoms with E-state index in [1.54, 1.807) is 0 Å². The van der Waals surface area contributed by atoms with Gasteiger partial charge in [-0.15, -0.1) is 11.6 Å². The van der Waals surface area contributed by atoms with Crippen molar-refractivity contribution < 1.29 is 30.7 Å². The maximum atomic E-state index is 14.5. The van der Waals surface area contributed by atoms with Gasteiger partial charge in [-0.2, -0.15) is 22.7 Å². The van der Waals surface area contributed by atoms with Crippen LogP contribution in [0.5, 0.6) is 0 Å². The lowest BCUT2D eigenvalue weighted by atomic mass is 9.76. The van der Waals surface area contributed by atoms with Crippen molar-refractivity contribution in [1.29, 1.82) is 5.26 Å². The Balaban J connectivity index is 1.48. The van der Waals surface area contributed by atoms with E-state index in [2.05, 4.69) is 6.07 Å². The van der Waals surface area contributed by atoms with Gasteiger partial charge in [0.15, 0.2) is 0 Å². The van der Waals surface area contributed by atoms with Gasteiger partial charge in [0, 0.05) is 24.3 Å². The fraction of sp³-hybridized carbons (Fsp3) is 0.962. The van der Waals surface area contributed by atoms with Gasteiger partial charge in [-0.3, -0.25) is 0 Å². The Hall–Kier alpha value is -0.630. The van der Waals surface area contributed by atoms with Crippen LogP contribution in [0.3, 0.4) is 0 Å². The molecule has 0 aromatic carbocycles. The average molecular weight is 571 g/mol. The molecule has 4 rings (SSSR count). The van der Waals surface area contributed by atoms with Crippen molar-refractivity contribution in [3.8, 4) is 6.07 Å². The molecule has 0 bridgehead atoms. The summed E-state index contributed by atoms with van der Waals surface area (Å²) in [6.45, 7) is 0.0734. The quantitative estimate of drug-likeness (QED) is 0.259. The number of fused-ring (bicyclic) bond motifs is 1. The van der Waals surface area contributed by atoms with Crippen molar-refractivity contribution in [3.05, 3.63) is 0 Å². The predicted octanol–water partition coefficient (Wildman–Crippen LogP) is 6.50. The number of nitrogens with zero attached hydrogens (tertiary/aromatic N) is 2. The van der Waals surface area contributed by atoms with E-state index in [1.165, 1.54) is 4.31 Å². The number of nitriles is 1. The summed E-state index contributed by atoms with van der Waals surface area (Å²) in [7, 11) is -3.99. The molecule has 3 saturated carbocycles. The number of sulfonamides is 1. The van der Waals surface area contributed by atoms with Gasteiger partial charge in [-0.1, -0.05) is 6.42 Å². The lowest BCUT2D eigenvalue weighted by Gasteiger charge is -2.49. The number of rotatable bonds is 7. The van der Waals surface area contributed by atoms with Crippen molar-refractivity contribution in [3.63, 3.8) is 0 Å². The van der Waals surface area contributed by atoms with Crippen LogP contribution >= 0.6 is 11.6 Å². The fourth-order valence-corrected chi connectivity index (χ4v) is 9.82. The number of halogens is 5. The van der Waals surface area contributed by atoms with E-state index in [1.807, 2.05) is 0 Å². The van der Waals surface area contributed by atoms with Crippen LogP contribution in [0.2, 0.25) is 0 Å². The van der Waals surface area contributed by atoms with Gasteiger partial charge >= 0.3 is 6.18 Å². The average Bonchev–Trinajstić information content (AvgIpc) is 2.86. The molecule has 1 heterocycles. The molecule has 0 radical (unpaired) electrons. The second-order valence-corrected chi connectivity index (χ2v) is 14.3. The zero-order valence-electron chi connectivity index (χ0n) is 21.2. The van der Waals surface area contributed by atoms with Crippen LogP contribution in [0.4, 0.5) is 17.6 Å². The first-order chi connectivity index (χ1) is 17.5. The highest BCUT2D eigenvalue weighted by Gasteiger charge is 2.51. The molecule has 9 atom stereocenters. The Morgan fingerprint density at radius 2 is 1.76 bits per heavy atom. The smallest absolute Gasteiger partial charge is 0.372 e. The second-order valence-electron chi connectivity index (χ2n) is 11.6. The van der Waals surface area contributed by atoms with E-state index in [-0.39, 0.29) is 55.5 Å². The Morgan fingerprint density at radius 1 is 1.00 bits per heavy atom. The Bertz CT molecular complexity index is 904.